The Bertz CT molecular complexity index is 971. The molecule has 0 aromatic heterocycles. The van der Waals surface area contributed by atoms with Crippen molar-refractivity contribution in [2.75, 3.05) is 6.61 Å². The van der Waals surface area contributed by atoms with Gasteiger partial charge in [-0.15, -0.1) is 0 Å². The van der Waals surface area contributed by atoms with Crippen molar-refractivity contribution in [1.82, 2.24) is 0 Å². The number of hydrogen-bond acceptors (Lipinski definition) is 2. The fourth-order valence-corrected chi connectivity index (χ4v) is 5.36. The molecule has 2 nitrogen and oxygen atoms in total. The summed E-state index contributed by atoms with van der Waals surface area (Å²) >= 11 is 0. The lowest BCUT2D eigenvalue weighted by molar-refractivity contribution is 0.122. The van der Waals surface area contributed by atoms with Gasteiger partial charge in [-0.05, 0) is 105 Å². The van der Waals surface area contributed by atoms with Gasteiger partial charge in [0.25, 0.3) is 0 Å². The molecule has 2 aromatic rings. The molecule has 0 atom stereocenters. The van der Waals surface area contributed by atoms with E-state index in [2.05, 4.69) is 6.08 Å². The molecule has 2 fully saturated rings. The third-order valence-corrected chi connectivity index (χ3v) is 7.31. The minimum Gasteiger partial charge on any atom is -0.491 e. The summed E-state index contributed by atoms with van der Waals surface area (Å²) in [6.07, 6.45) is 9.81. The molecule has 2 aliphatic rings. The average Bonchev–Trinajstić information content (AvgIpc) is 2.82. The first-order valence-electron chi connectivity index (χ1n) is 12.2. The largest absolute Gasteiger partial charge is 0.491 e. The van der Waals surface area contributed by atoms with Crippen molar-refractivity contribution in [2.45, 2.75) is 76.2 Å². The molecule has 4 rings (SSSR count). The first-order valence-corrected chi connectivity index (χ1v) is 12.2. The van der Waals surface area contributed by atoms with Crippen molar-refractivity contribution in [3.8, 4) is 5.75 Å². The van der Waals surface area contributed by atoms with Gasteiger partial charge in [0, 0.05) is 0 Å². The second-order valence-corrected chi connectivity index (χ2v) is 9.47. The van der Waals surface area contributed by atoms with Crippen LogP contribution in [0.15, 0.2) is 36.4 Å². The number of halogens is 3. The minimum atomic E-state index is -0.701. The summed E-state index contributed by atoms with van der Waals surface area (Å²) < 4.78 is 49.2. The van der Waals surface area contributed by atoms with Gasteiger partial charge in [-0.3, -0.25) is 0 Å². The summed E-state index contributed by atoms with van der Waals surface area (Å²) in [5.74, 6) is -1.14. The normalized spacial score (nSPS) is 26.0. The second kappa shape index (κ2) is 10.8. The number of hydrogen-bond donors (Lipinski definition) is 1. The molecule has 0 bridgehead atoms. The zero-order chi connectivity index (χ0) is 23.4. The van der Waals surface area contributed by atoms with Crippen molar-refractivity contribution in [1.29, 1.82) is 0 Å². The third kappa shape index (κ3) is 5.63. The van der Waals surface area contributed by atoms with E-state index < -0.39 is 11.6 Å². The molecule has 0 spiro atoms. The van der Waals surface area contributed by atoms with E-state index in [-0.39, 0.29) is 29.5 Å². The number of ether oxygens (including phenoxy) is 1. The number of aliphatic hydroxyl groups excluding tert-OH is 1. The van der Waals surface area contributed by atoms with Crippen LogP contribution in [0.1, 0.15) is 86.8 Å². The molecule has 2 aliphatic carbocycles. The maximum atomic E-state index is 15.0. The predicted octanol–water partition coefficient (Wildman–Crippen LogP) is 7.51. The number of benzene rings is 2. The Morgan fingerprint density at radius 3 is 1.97 bits per heavy atom. The molecule has 0 heterocycles. The van der Waals surface area contributed by atoms with Gasteiger partial charge in [0.05, 0.1) is 12.7 Å². The van der Waals surface area contributed by atoms with Gasteiger partial charge in [0.2, 0.25) is 0 Å². The van der Waals surface area contributed by atoms with E-state index in [1.807, 2.05) is 19.1 Å². The van der Waals surface area contributed by atoms with Crippen LogP contribution in [0.3, 0.4) is 0 Å². The van der Waals surface area contributed by atoms with E-state index in [1.165, 1.54) is 6.07 Å². The van der Waals surface area contributed by atoms with Crippen LogP contribution >= 0.6 is 0 Å². The van der Waals surface area contributed by atoms with Gasteiger partial charge < -0.3 is 9.84 Å². The van der Waals surface area contributed by atoms with Gasteiger partial charge in [0.15, 0.2) is 23.2 Å². The molecule has 0 amide bonds. The van der Waals surface area contributed by atoms with Gasteiger partial charge in [-0.1, -0.05) is 30.4 Å². The van der Waals surface area contributed by atoms with E-state index in [0.29, 0.717) is 49.3 Å². The summed E-state index contributed by atoms with van der Waals surface area (Å²) in [6, 6.07) is 8.50. The van der Waals surface area contributed by atoms with Crippen LogP contribution in [0.2, 0.25) is 0 Å². The van der Waals surface area contributed by atoms with Crippen molar-refractivity contribution >= 4 is 6.08 Å². The van der Waals surface area contributed by atoms with Gasteiger partial charge >= 0.3 is 0 Å². The topological polar surface area (TPSA) is 29.5 Å². The van der Waals surface area contributed by atoms with E-state index >= 15 is 0 Å². The Kier molecular flexibility index (Phi) is 7.79. The molecule has 33 heavy (non-hydrogen) atoms. The molecule has 2 saturated carbocycles. The summed E-state index contributed by atoms with van der Waals surface area (Å²) in [7, 11) is 0. The molecule has 0 radical (unpaired) electrons. The first kappa shape index (κ1) is 23.9. The van der Waals surface area contributed by atoms with Crippen molar-refractivity contribution in [3.05, 3.63) is 70.5 Å². The zero-order valence-electron chi connectivity index (χ0n) is 19.2. The number of allylic oxidation sites excluding steroid dienone is 1. The van der Waals surface area contributed by atoms with Crippen LogP contribution in [0.4, 0.5) is 13.2 Å². The Balaban J connectivity index is 1.36. The second-order valence-electron chi connectivity index (χ2n) is 9.47. The highest BCUT2D eigenvalue weighted by molar-refractivity contribution is 5.51. The fourth-order valence-electron chi connectivity index (χ4n) is 5.36. The Morgan fingerprint density at radius 1 is 0.848 bits per heavy atom. The molecule has 178 valence electrons. The minimum absolute atomic E-state index is 0.00902. The van der Waals surface area contributed by atoms with Crippen LogP contribution in [0, 0.1) is 23.4 Å². The van der Waals surface area contributed by atoms with Gasteiger partial charge in [-0.25, -0.2) is 13.2 Å². The highest BCUT2D eigenvalue weighted by Crippen LogP contribution is 2.41. The summed E-state index contributed by atoms with van der Waals surface area (Å²) in [6.45, 7) is 2.24. The summed E-state index contributed by atoms with van der Waals surface area (Å²) in [5, 5.41) is 9.68. The molecule has 0 aliphatic heterocycles. The van der Waals surface area contributed by atoms with Crippen LogP contribution in [0.5, 0.6) is 5.75 Å². The highest BCUT2D eigenvalue weighted by atomic mass is 19.2. The Morgan fingerprint density at radius 2 is 1.42 bits per heavy atom. The van der Waals surface area contributed by atoms with Crippen molar-refractivity contribution < 1.29 is 23.0 Å². The molecule has 5 heteroatoms. The van der Waals surface area contributed by atoms with Crippen LogP contribution in [-0.4, -0.2) is 17.8 Å². The smallest absolute Gasteiger partial charge is 0.165 e. The van der Waals surface area contributed by atoms with E-state index in [1.54, 1.807) is 18.2 Å². The number of rotatable bonds is 6. The maximum Gasteiger partial charge on any atom is 0.165 e. The monoisotopic (exact) mass is 458 g/mol. The third-order valence-electron chi connectivity index (χ3n) is 7.31. The Labute approximate surface area is 194 Å². The molecular weight excluding hydrogens is 425 g/mol. The number of aliphatic hydroxyl groups is 1. The molecule has 0 saturated heterocycles. The quantitative estimate of drug-likeness (QED) is 0.485. The summed E-state index contributed by atoms with van der Waals surface area (Å²) in [5.41, 5.74) is 1.74. The predicted molar refractivity (Wildman–Crippen MR) is 125 cm³/mol. The SMILES string of the molecule is CCOc1ccc(/C=C/C2CCC(c3ccc(C4CCC(O)CC4)c(F)c3F)CC2)cc1F. The Hall–Kier alpha value is -2.27. The molecular formula is C28H33F3O2. The molecule has 1 N–H and O–H groups in total. The maximum absolute atomic E-state index is 15.0. The van der Waals surface area contributed by atoms with E-state index in [0.717, 1.165) is 31.2 Å². The molecule has 2 aromatic carbocycles. The van der Waals surface area contributed by atoms with Crippen LogP contribution < -0.4 is 4.74 Å². The lowest BCUT2D eigenvalue weighted by Crippen LogP contribution is -2.19. The van der Waals surface area contributed by atoms with E-state index in [4.69, 9.17) is 4.74 Å². The highest BCUT2D eigenvalue weighted by Gasteiger charge is 2.29. The zero-order valence-corrected chi connectivity index (χ0v) is 19.2. The fraction of sp³-hybridized carbons (Fsp3) is 0.500. The standard InChI is InChI=1S/C28H33F3O2/c1-2-33-26-16-7-19(17-25(26)29)4-3-18-5-8-20(9-6-18)23-14-15-24(28(31)27(23)30)21-10-12-22(32)13-11-21/h3-4,7,14-18,20-22,32H,2,5-6,8-13H2,1H3/b4-3+. The summed E-state index contributed by atoms with van der Waals surface area (Å²) in [4.78, 5) is 0. The van der Waals surface area contributed by atoms with Gasteiger partial charge in [-0.2, -0.15) is 0 Å². The van der Waals surface area contributed by atoms with Crippen LogP contribution in [-0.2, 0) is 0 Å². The van der Waals surface area contributed by atoms with Crippen molar-refractivity contribution in [2.24, 2.45) is 5.92 Å². The van der Waals surface area contributed by atoms with E-state index in [9.17, 15) is 18.3 Å². The molecule has 0 unspecified atom stereocenters. The lowest BCUT2D eigenvalue weighted by atomic mass is 9.77. The average molecular weight is 459 g/mol. The van der Waals surface area contributed by atoms with Gasteiger partial charge in [0.1, 0.15) is 0 Å². The lowest BCUT2D eigenvalue weighted by Gasteiger charge is -2.29. The van der Waals surface area contributed by atoms with Crippen LogP contribution in [0.25, 0.3) is 6.08 Å². The van der Waals surface area contributed by atoms with Crippen molar-refractivity contribution in [3.63, 3.8) is 0 Å². The first-order chi connectivity index (χ1) is 16.0.